The van der Waals surface area contributed by atoms with Crippen LogP contribution in [-0.2, 0) is 4.79 Å². The minimum atomic E-state index is -0.622. The molecule has 0 aromatic carbocycles. The number of hydrogen-bond acceptors (Lipinski definition) is 6. The zero-order valence-electron chi connectivity index (χ0n) is 10.9. The fraction of sp³-hybridized carbons (Fsp3) is 0.417. The van der Waals surface area contributed by atoms with Crippen LogP contribution in [-0.4, -0.2) is 46.9 Å². The first-order valence-corrected chi connectivity index (χ1v) is 6.09. The fourth-order valence-corrected chi connectivity index (χ4v) is 2.10. The van der Waals surface area contributed by atoms with Crippen molar-refractivity contribution in [3.63, 3.8) is 0 Å². The Labute approximate surface area is 115 Å². The second-order valence-electron chi connectivity index (χ2n) is 4.40. The van der Waals surface area contributed by atoms with Gasteiger partial charge in [0.05, 0.1) is 4.92 Å². The van der Waals surface area contributed by atoms with Gasteiger partial charge in [0.1, 0.15) is 11.9 Å². The molecule has 1 aliphatic rings. The number of nitriles is 1. The maximum absolute atomic E-state index is 11.2. The molecule has 2 rings (SSSR count). The van der Waals surface area contributed by atoms with Crippen molar-refractivity contribution in [3.05, 3.63) is 27.9 Å². The average molecular weight is 275 g/mol. The Morgan fingerprint density at radius 3 is 2.55 bits per heavy atom. The number of piperazine rings is 1. The van der Waals surface area contributed by atoms with Crippen molar-refractivity contribution in [3.8, 4) is 6.07 Å². The molecule has 1 saturated heterocycles. The van der Waals surface area contributed by atoms with E-state index in [1.165, 1.54) is 19.1 Å². The van der Waals surface area contributed by atoms with Crippen molar-refractivity contribution < 1.29 is 9.72 Å². The van der Waals surface area contributed by atoms with Gasteiger partial charge in [-0.05, 0) is 6.07 Å². The first kappa shape index (κ1) is 13.7. The molecule has 0 atom stereocenters. The molecule has 1 amide bonds. The minimum absolute atomic E-state index is 0.0269. The third kappa shape index (κ3) is 2.66. The second-order valence-corrected chi connectivity index (χ2v) is 4.40. The van der Waals surface area contributed by atoms with Gasteiger partial charge < -0.3 is 9.80 Å². The van der Waals surface area contributed by atoms with Crippen LogP contribution in [0.3, 0.4) is 0 Å². The van der Waals surface area contributed by atoms with E-state index in [-0.39, 0.29) is 17.3 Å². The summed E-state index contributed by atoms with van der Waals surface area (Å²) in [6.07, 6.45) is 0. The van der Waals surface area contributed by atoms with E-state index in [9.17, 15) is 14.9 Å². The largest absolute Gasteiger partial charge is 0.353 e. The number of carbonyl (C=O) groups is 1. The Balaban J connectivity index is 2.17. The highest BCUT2D eigenvalue weighted by atomic mass is 16.6. The number of nitro groups is 1. The number of aromatic nitrogens is 1. The summed E-state index contributed by atoms with van der Waals surface area (Å²) in [6.45, 7) is 3.86. The lowest BCUT2D eigenvalue weighted by Gasteiger charge is -2.34. The lowest BCUT2D eigenvalue weighted by Crippen LogP contribution is -2.48. The molecule has 8 heteroatoms. The molecule has 2 heterocycles. The van der Waals surface area contributed by atoms with Crippen LogP contribution in [0.5, 0.6) is 0 Å². The monoisotopic (exact) mass is 275 g/mol. The van der Waals surface area contributed by atoms with Gasteiger partial charge in [-0.15, -0.1) is 0 Å². The lowest BCUT2D eigenvalue weighted by molar-refractivity contribution is -0.385. The molecule has 0 spiro atoms. The Kier molecular flexibility index (Phi) is 3.79. The van der Waals surface area contributed by atoms with E-state index in [1.807, 2.05) is 4.90 Å². The summed E-state index contributed by atoms with van der Waals surface area (Å²) >= 11 is 0. The molecule has 0 aliphatic carbocycles. The van der Waals surface area contributed by atoms with E-state index < -0.39 is 4.92 Å². The van der Waals surface area contributed by atoms with Crippen LogP contribution in [0.25, 0.3) is 0 Å². The van der Waals surface area contributed by atoms with Gasteiger partial charge in [-0.1, -0.05) is 0 Å². The van der Waals surface area contributed by atoms with Crippen LogP contribution in [0.1, 0.15) is 12.6 Å². The quantitative estimate of drug-likeness (QED) is 0.576. The van der Waals surface area contributed by atoms with Gasteiger partial charge in [0.15, 0.2) is 0 Å². The fourth-order valence-electron chi connectivity index (χ4n) is 2.10. The van der Waals surface area contributed by atoms with Crippen LogP contribution in [0.15, 0.2) is 12.1 Å². The van der Waals surface area contributed by atoms with Crippen molar-refractivity contribution in [2.24, 2.45) is 0 Å². The molecular weight excluding hydrogens is 262 g/mol. The van der Waals surface area contributed by atoms with E-state index in [4.69, 9.17) is 5.26 Å². The molecule has 0 radical (unpaired) electrons. The van der Waals surface area contributed by atoms with Crippen molar-refractivity contribution in [2.75, 3.05) is 31.1 Å². The predicted molar refractivity (Wildman–Crippen MR) is 70.1 cm³/mol. The Bertz CT molecular complexity index is 587. The first-order valence-electron chi connectivity index (χ1n) is 6.09. The highest BCUT2D eigenvalue weighted by Gasteiger charge is 2.22. The number of rotatable bonds is 2. The summed E-state index contributed by atoms with van der Waals surface area (Å²) in [6, 6.07) is 4.56. The number of nitrogens with zero attached hydrogens (tertiary/aromatic N) is 5. The van der Waals surface area contributed by atoms with Gasteiger partial charge in [-0.3, -0.25) is 14.9 Å². The highest BCUT2D eigenvalue weighted by Crippen LogP contribution is 2.21. The zero-order valence-corrected chi connectivity index (χ0v) is 10.9. The summed E-state index contributed by atoms with van der Waals surface area (Å²) in [5, 5.41) is 19.7. The van der Waals surface area contributed by atoms with E-state index >= 15 is 0 Å². The Hall–Kier alpha value is -2.69. The lowest BCUT2D eigenvalue weighted by atomic mass is 10.2. The molecule has 1 aliphatic heterocycles. The van der Waals surface area contributed by atoms with E-state index in [0.29, 0.717) is 32.0 Å². The second kappa shape index (κ2) is 5.52. The van der Waals surface area contributed by atoms with E-state index in [2.05, 4.69) is 4.98 Å². The number of carbonyl (C=O) groups excluding carboxylic acids is 1. The molecule has 20 heavy (non-hydrogen) atoms. The van der Waals surface area contributed by atoms with Crippen LogP contribution < -0.4 is 4.90 Å². The van der Waals surface area contributed by atoms with Crippen LogP contribution >= 0.6 is 0 Å². The molecular formula is C12H13N5O3. The number of anilines is 1. The minimum Gasteiger partial charge on any atom is -0.353 e. The first-order chi connectivity index (χ1) is 9.52. The normalized spacial score (nSPS) is 14.8. The highest BCUT2D eigenvalue weighted by molar-refractivity contribution is 5.73. The third-order valence-electron chi connectivity index (χ3n) is 3.21. The molecule has 0 N–H and O–H groups in total. The number of amides is 1. The molecule has 1 aromatic heterocycles. The number of hydrogen-bond donors (Lipinski definition) is 0. The van der Waals surface area contributed by atoms with Crippen molar-refractivity contribution in [1.82, 2.24) is 9.88 Å². The molecule has 0 bridgehead atoms. The summed E-state index contributed by atoms with van der Waals surface area (Å²) in [7, 11) is 0. The van der Waals surface area contributed by atoms with Gasteiger partial charge in [-0.2, -0.15) is 5.26 Å². The average Bonchev–Trinajstić information content (AvgIpc) is 2.46. The Morgan fingerprint density at radius 2 is 2.05 bits per heavy atom. The maximum Gasteiger partial charge on any atom is 0.305 e. The van der Waals surface area contributed by atoms with Crippen molar-refractivity contribution in [1.29, 1.82) is 5.26 Å². The zero-order chi connectivity index (χ0) is 14.7. The third-order valence-corrected chi connectivity index (χ3v) is 3.21. The van der Waals surface area contributed by atoms with Crippen LogP contribution in [0.2, 0.25) is 0 Å². The Morgan fingerprint density at radius 1 is 1.40 bits per heavy atom. The van der Waals surface area contributed by atoms with Gasteiger partial charge >= 0.3 is 5.69 Å². The molecule has 1 aromatic rings. The molecule has 0 unspecified atom stereocenters. The molecule has 0 saturated carbocycles. The van der Waals surface area contributed by atoms with Crippen molar-refractivity contribution >= 4 is 17.4 Å². The molecule has 1 fully saturated rings. The van der Waals surface area contributed by atoms with Gasteiger partial charge in [-0.25, -0.2) is 4.98 Å². The van der Waals surface area contributed by atoms with E-state index in [0.717, 1.165) is 0 Å². The molecule has 104 valence electrons. The predicted octanol–water partition coefficient (Wildman–Crippen LogP) is 0.530. The topological polar surface area (TPSA) is 103 Å². The number of pyridine rings is 1. The molecule has 8 nitrogen and oxygen atoms in total. The summed E-state index contributed by atoms with van der Waals surface area (Å²) in [4.78, 5) is 29.0. The van der Waals surface area contributed by atoms with Gasteiger partial charge in [0, 0.05) is 39.2 Å². The summed E-state index contributed by atoms with van der Waals surface area (Å²) in [5.74, 6) is 0.550. The van der Waals surface area contributed by atoms with Crippen molar-refractivity contribution in [2.45, 2.75) is 6.92 Å². The SMILES string of the molecule is CC(=O)N1CCN(c2ccc([N+](=O)[O-])c(C#N)n2)CC1. The van der Waals surface area contributed by atoms with Crippen LogP contribution in [0, 0.1) is 21.4 Å². The van der Waals surface area contributed by atoms with Crippen LogP contribution in [0.4, 0.5) is 11.5 Å². The standard InChI is InChI=1S/C12H13N5O3/c1-9(18)15-4-6-16(7-5-15)12-3-2-11(17(19)20)10(8-13)14-12/h2-3H,4-7H2,1H3. The smallest absolute Gasteiger partial charge is 0.305 e. The summed E-state index contributed by atoms with van der Waals surface area (Å²) < 4.78 is 0. The maximum atomic E-state index is 11.2. The summed E-state index contributed by atoms with van der Waals surface area (Å²) in [5.41, 5.74) is -0.486. The van der Waals surface area contributed by atoms with Gasteiger partial charge in [0.2, 0.25) is 11.6 Å². The van der Waals surface area contributed by atoms with Gasteiger partial charge in [0.25, 0.3) is 0 Å². The van der Waals surface area contributed by atoms with E-state index in [1.54, 1.807) is 11.0 Å².